The Hall–Kier alpha value is -2.52. The van der Waals surface area contributed by atoms with Crippen LogP contribution in [0.25, 0.3) is 10.8 Å². The van der Waals surface area contributed by atoms with Crippen LogP contribution in [0.15, 0.2) is 51.1 Å². The van der Waals surface area contributed by atoms with E-state index in [1.165, 1.54) is 35.6 Å². The van der Waals surface area contributed by atoms with E-state index in [4.69, 9.17) is 9.15 Å². The van der Waals surface area contributed by atoms with Crippen LogP contribution in [0.3, 0.4) is 0 Å². The summed E-state index contributed by atoms with van der Waals surface area (Å²) in [4.78, 5) is 13.1. The Balaban J connectivity index is 1.70. The molecule has 0 spiro atoms. The first-order chi connectivity index (χ1) is 11.8. The van der Waals surface area contributed by atoms with Crippen molar-refractivity contribution in [2.24, 2.45) is 0 Å². The third-order valence-corrected chi connectivity index (χ3v) is 5.31. The van der Waals surface area contributed by atoms with E-state index < -0.39 is 21.9 Å². The van der Waals surface area contributed by atoms with Gasteiger partial charge in [0, 0.05) is 6.26 Å². The summed E-state index contributed by atoms with van der Waals surface area (Å²) >= 11 is 1.46. The minimum absolute atomic E-state index is 0.134. The highest BCUT2D eigenvalue weighted by atomic mass is 32.2. The Morgan fingerprint density at radius 3 is 2.52 bits per heavy atom. The van der Waals surface area contributed by atoms with Crippen LogP contribution in [0.2, 0.25) is 0 Å². The van der Waals surface area contributed by atoms with Crippen LogP contribution in [-0.4, -0.2) is 30.8 Å². The number of esters is 1. The summed E-state index contributed by atoms with van der Waals surface area (Å²) in [6.45, 7) is 1.62. The van der Waals surface area contributed by atoms with Gasteiger partial charge in [-0.05, 0) is 42.6 Å². The fraction of sp³-hybridized carbons (Fsp3) is 0.188. The van der Waals surface area contributed by atoms with Crippen molar-refractivity contribution >= 4 is 27.1 Å². The normalized spacial score (nSPS) is 12.7. The molecule has 0 unspecified atom stereocenters. The fourth-order valence-corrected chi connectivity index (χ4v) is 3.29. The van der Waals surface area contributed by atoms with E-state index in [2.05, 4.69) is 10.2 Å². The molecule has 0 aliphatic rings. The number of thiophene rings is 1. The van der Waals surface area contributed by atoms with Gasteiger partial charge in [-0.1, -0.05) is 6.07 Å². The average Bonchev–Trinajstić information content (AvgIpc) is 3.25. The molecule has 0 saturated carbocycles. The highest BCUT2D eigenvalue weighted by molar-refractivity contribution is 7.90. The summed E-state index contributed by atoms with van der Waals surface area (Å²) < 4.78 is 33.7. The third kappa shape index (κ3) is 3.94. The van der Waals surface area contributed by atoms with Gasteiger partial charge in [0.1, 0.15) is 0 Å². The zero-order valence-electron chi connectivity index (χ0n) is 13.4. The fourth-order valence-electron chi connectivity index (χ4n) is 2.02. The molecule has 0 N–H and O–H groups in total. The van der Waals surface area contributed by atoms with E-state index >= 15 is 0 Å². The van der Waals surface area contributed by atoms with Gasteiger partial charge < -0.3 is 9.15 Å². The Kier molecular flexibility index (Phi) is 4.69. The molecule has 25 heavy (non-hydrogen) atoms. The van der Waals surface area contributed by atoms with Gasteiger partial charge in [0.25, 0.3) is 11.8 Å². The summed E-state index contributed by atoms with van der Waals surface area (Å²) in [5, 5.41) is 9.72. The van der Waals surface area contributed by atoms with Gasteiger partial charge in [0.05, 0.1) is 15.3 Å². The Morgan fingerprint density at radius 2 is 1.92 bits per heavy atom. The Labute approximate surface area is 148 Å². The number of aromatic nitrogens is 2. The molecular weight excluding hydrogens is 364 g/mol. The maximum absolute atomic E-state index is 12.2. The van der Waals surface area contributed by atoms with Gasteiger partial charge in [-0.15, -0.1) is 21.5 Å². The van der Waals surface area contributed by atoms with Gasteiger partial charge in [-0.2, -0.15) is 0 Å². The molecule has 2 aromatic heterocycles. The van der Waals surface area contributed by atoms with Gasteiger partial charge in [0.15, 0.2) is 15.9 Å². The lowest BCUT2D eigenvalue weighted by Crippen LogP contribution is -2.10. The number of sulfone groups is 1. The Bertz CT molecular complexity index is 976. The lowest BCUT2D eigenvalue weighted by atomic mass is 10.2. The van der Waals surface area contributed by atoms with Gasteiger partial charge in [0.2, 0.25) is 0 Å². The predicted octanol–water partition coefficient (Wildman–Crippen LogP) is 3.12. The standard InChI is InChI=1S/C16H14N2O5S2/c1-10(14-17-18-15(23-14)13-4-3-9-24-13)22-16(19)11-5-7-12(8-6-11)25(2,20)21/h3-10H,1-2H3/t10-/m0/s1. The maximum atomic E-state index is 12.2. The first-order valence-corrected chi connectivity index (χ1v) is 10.00. The number of nitrogens with zero attached hydrogens (tertiary/aromatic N) is 2. The van der Waals surface area contributed by atoms with Gasteiger partial charge >= 0.3 is 5.97 Å². The van der Waals surface area contributed by atoms with E-state index in [9.17, 15) is 13.2 Å². The highest BCUT2D eigenvalue weighted by Gasteiger charge is 2.20. The van der Waals surface area contributed by atoms with Crippen LogP contribution in [0.1, 0.15) is 29.3 Å². The molecule has 0 saturated heterocycles. The lowest BCUT2D eigenvalue weighted by Gasteiger charge is -2.09. The van der Waals surface area contributed by atoms with E-state index in [1.54, 1.807) is 6.92 Å². The van der Waals surface area contributed by atoms with Crippen molar-refractivity contribution in [1.29, 1.82) is 0 Å². The van der Waals surface area contributed by atoms with Crippen LogP contribution in [0, 0.1) is 0 Å². The molecule has 0 amide bonds. The summed E-state index contributed by atoms with van der Waals surface area (Å²) in [6, 6.07) is 9.23. The van der Waals surface area contributed by atoms with Crippen molar-refractivity contribution in [3.63, 3.8) is 0 Å². The molecule has 9 heteroatoms. The van der Waals surface area contributed by atoms with Crippen molar-refractivity contribution < 1.29 is 22.4 Å². The van der Waals surface area contributed by atoms with E-state index in [-0.39, 0.29) is 16.3 Å². The number of carbonyl (C=O) groups is 1. The molecule has 3 aromatic rings. The molecule has 2 heterocycles. The predicted molar refractivity (Wildman–Crippen MR) is 91.0 cm³/mol. The van der Waals surface area contributed by atoms with Crippen LogP contribution in [-0.2, 0) is 14.6 Å². The Morgan fingerprint density at radius 1 is 1.20 bits per heavy atom. The smallest absolute Gasteiger partial charge is 0.338 e. The zero-order chi connectivity index (χ0) is 18.0. The number of ether oxygens (including phenoxy) is 1. The van der Waals surface area contributed by atoms with Crippen LogP contribution in [0.4, 0.5) is 0 Å². The molecule has 1 atom stereocenters. The maximum Gasteiger partial charge on any atom is 0.338 e. The minimum Gasteiger partial charge on any atom is -0.449 e. The van der Waals surface area contributed by atoms with Crippen molar-refractivity contribution in [1.82, 2.24) is 10.2 Å². The van der Waals surface area contributed by atoms with Crippen LogP contribution < -0.4 is 0 Å². The van der Waals surface area contributed by atoms with Gasteiger partial charge in [-0.3, -0.25) is 0 Å². The molecule has 130 valence electrons. The zero-order valence-corrected chi connectivity index (χ0v) is 15.0. The molecule has 0 fully saturated rings. The molecule has 0 radical (unpaired) electrons. The van der Waals surface area contributed by atoms with Crippen molar-refractivity contribution in [2.45, 2.75) is 17.9 Å². The molecular formula is C16H14N2O5S2. The van der Waals surface area contributed by atoms with E-state index in [0.29, 0.717) is 5.89 Å². The lowest BCUT2D eigenvalue weighted by molar-refractivity contribution is 0.0280. The molecule has 1 aromatic carbocycles. The summed E-state index contributed by atoms with van der Waals surface area (Å²) in [7, 11) is -3.31. The first kappa shape index (κ1) is 17.3. The number of hydrogen-bond donors (Lipinski definition) is 0. The SMILES string of the molecule is C[C@H](OC(=O)c1ccc(S(C)(=O)=O)cc1)c1nnc(-c2cccs2)o1. The van der Waals surface area contributed by atoms with E-state index in [0.717, 1.165) is 11.1 Å². The van der Waals surface area contributed by atoms with Crippen LogP contribution >= 0.6 is 11.3 Å². The third-order valence-electron chi connectivity index (χ3n) is 3.32. The molecule has 3 rings (SSSR count). The van der Waals surface area contributed by atoms with E-state index in [1.807, 2.05) is 17.5 Å². The minimum atomic E-state index is -3.31. The molecule has 7 nitrogen and oxygen atoms in total. The number of carbonyl (C=O) groups excluding carboxylic acids is 1. The summed E-state index contributed by atoms with van der Waals surface area (Å²) in [5.41, 5.74) is 0.234. The number of hydrogen-bond acceptors (Lipinski definition) is 8. The second-order valence-corrected chi connectivity index (χ2v) is 8.23. The number of benzene rings is 1. The van der Waals surface area contributed by atoms with Crippen molar-refractivity contribution in [3.8, 4) is 10.8 Å². The van der Waals surface area contributed by atoms with Gasteiger partial charge in [-0.25, -0.2) is 13.2 Å². The molecule has 0 aliphatic carbocycles. The monoisotopic (exact) mass is 378 g/mol. The largest absolute Gasteiger partial charge is 0.449 e. The highest BCUT2D eigenvalue weighted by Crippen LogP contribution is 2.26. The van der Waals surface area contributed by atoms with Crippen molar-refractivity contribution in [3.05, 3.63) is 53.2 Å². The molecule has 0 bridgehead atoms. The quantitative estimate of drug-likeness (QED) is 0.629. The second kappa shape index (κ2) is 6.77. The topological polar surface area (TPSA) is 99.4 Å². The number of rotatable bonds is 5. The average molecular weight is 378 g/mol. The summed E-state index contributed by atoms with van der Waals surface area (Å²) in [5.74, 6) is -0.0571. The van der Waals surface area contributed by atoms with Crippen molar-refractivity contribution in [2.75, 3.05) is 6.26 Å². The summed E-state index contributed by atoms with van der Waals surface area (Å²) in [6.07, 6.45) is 0.367. The van der Waals surface area contributed by atoms with Crippen LogP contribution in [0.5, 0.6) is 0 Å². The molecule has 0 aliphatic heterocycles. The second-order valence-electron chi connectivity index (χ2n) is 5.27. The first-order valence-electron chi connectivity index (χ1n) is 7.23.